The standard InChI is InChI=1S/C24H19F2N5OS/c1-2-32-17-10-20(25)19(21(26)11-17)13-31-23-6-4-3-5-18(23)24(30-31)22-9-15(7-8-27-22)29-16-12-28-33-14-16/h3-12,14H,2,13H2,1H3,(H,27,29). The number of ether oxygens (including phenoxy) is 1. The topological polar surface area (TPSA) is 64.9 Å². The lowest BCUT2D eigenvalue weighted by Gasteiger charge is -2.09. The highest BCUT2D eigenvalue weighted by Crippen LogP contribution is 2.30. The van der Waals surface area contributed by atoms with E-state index in [4.69, 9.17) is 4.74 Å². The molecule has 0 saturated carbocycles. The van der Waals surface area contributed by atoms with Crippen molar-refractivity contribution >= 4 is 33.8 Å². The molecule has 0 radical (unpaired) electrons. The molecule has 0 aliphatic heterocycles. The summed E-state index contributed by atoms with van der Waals surface area (Å²) in [5, 5.41) is 10.7. The minimum atomic E-state index is -0.673. The van der Waals surface area contributed by atoms with Crippen LogP contribution >= 0.6 is 11.5 Å². The number of anilines is 2. The molecule has 3 heterocycles. The average Bonchev–Trinajstić information content (AvgIpc) is 3.45. The summed E-state index contributed by atoms with van der Waals surface area (Å²) in [6.45, 7) is 2.02. The molecule has 0 fully saturated rings. The van der Waals surface area contributed by atoms with Gasteiger partial charge in [0.05, 0.1) is 36.2 Å². The molecule has 0 amide bonds. The van der Waals surface area contributed by atoms with Gasteiger partial charge >= 0.3 is 0 Å². The van der Waals surface area contributed by atoms with Crippen LogP contribution in [0.3, 0.4) is 0 Å². The van der Waals surface area contributed by atoms with Crippen molar-refractivity contribution in [3.63, 3.8) is 0 Å². The number of halogens is 2. The van der Waals surface area contributed by atoms with Gasteiger partial charge in [-0.3, -0.25) is 9.67 Å². The van der Waals surface area contributed by atoms with Crippen molar-refractivity contribution in [2.24, 2.45) is 0 Å². The Morgan fingerprint density at radius 1 is 1.06 bits per heavy atom. The van der Waals surface area contributed by atoms with Gasteiger partial charge in [0, 0.05) is 40.3 Å². The summed E-state index contributed by atoms with van der Waals surface area (Å²) in [6.07, 6.45) is 3.44. The lowest BCUT2D eigenvalue weighted by atomic mass is 10.1. The number of aromatic nitrogens is 4. The predicted molar refractivity (Wildman–Crippen MR) is 125 cm³/mol. The van der Waals surface area contributed by atoms with E-state index in [2.05, 4.69) is 19.8 Å². The van der Waals surface area contributed by atoms with Crippen molar-refractivity contribution < 1.29 is 13.5 Å². The third-order valence-corrected chi connectivity index (χ3v) is 5.70. The Bertz CT molecular complexity index is 1390. The van der Waals surface area contributed by atoms with Crippen molar-refractivity contribution in [2.45, 2.75) is 13.5 Å². The molecule has 0 aliphatic carbocycles. The van der Waals surface area contributed by atoms with E-state index in [1.165, 1.54) is 23.7 Å². The van der Waals surface area contributed by atoms with Crippen molar-refractivity contribution in [3.05, 3.63) is 83.5 Å². The minimum absolute atomic E-state index is 0.0664. The molecule has 0 spiro atoms. The average molecular weight is 464 g/mol. The summed E-state index contributed by atoms with van der Waals surface area (Å²) in [4.78, 5) is 4.48. The first-order chi connectivity index (χ1) is 16.1. The second-order valence-electron chi connectivity index (χ2n) is 7.29. The molecule has 166 valence electrons. The van der Waals surface area contributed by atoms with Crippen molar-refractivity contribution in [3.8, 4) is 17.1 Å². The normalized spacial score (nSPS) is 11.1. The molecule has 0 bridgehead atoms. The number of hydrogen-bond acceptors (Lipinski definition) is 6. The summed E-state index contributed by atoms with van der Waals surface area (Å²) >= 11 is 1.36. The van der Waals surface area contributed by atoms with Gasteiger partial charge in [-0.15, -0.1) is 0 Å². The Morgan fingerprint density at radius 2 is 1.88 bits per heavy atom. The zero-order valence-corrected chi connectivity index (χ0v) is 18.4. The van der Waals surface area contributed by atoms with E-state index >= 15 is 0 Å². The van der Waals surface area contributed by atoms with E-state index in [-0.39, 0.29) is 17.9 Å². The van der Waals surface area contributed by atoms with Crippen LogP contribution in [-0.2, 0) is 6.54 Å². The van der Waals surface area contributed by atoms with E-state index in [1.54, 1.807) is 24.0 Å². The number of pyridine rings is 1. The van der Waals surface area contributed by atoms with E-state index in [0.717, 1.165) is 22.3 Å². The van der Waals surface area contributed by atoms with E-state index < -0.39 is 11.6 Å². The van der Waals surface area contributed by atoms with Gasteiger partial charge in [-0.05, 0) is 36.7 Å². The number of hydrogen-bond donors (Lipinski definition) is 1. The van der Waals surface area contributed by atoms with Gasteiger partial charge in [-0.2, -0.15) is 9.47 Å². The number of nitrogens with one attached hydrogen (secondary N) is 1. The lowest BCUT2D eigenvalue weighted by molar-refractivity contribution is 0.335. The molecule has 0 aliphatic rings. The first kappa shape index (κ1) is 21.0. The molecule has 1 N–H and O–H groups in total. The fourth-order valence-corrected chi connectivity index (χ4v) is 4.11. The van der Waals surface area contributed by atoms with E-state index in [9.17, 15) is 8.78 Å². The van der Waals surface area contributed by atoms with Gasteiger partial charge in [0.2, 0.25) is 0 Å². The summed E-state index contributed by atoms with van der Waals surface area (Å²) < 4.78 is 40.3. The summed E-state index contributed by atoms with van der Waals surface area (Å²) in [5.74, 6) is -1.18. The van der Waals surface area contributed by atoms with Crippen LogP contribution in [0.25, 0.3) is 22.3 Å². The minimum Gasteiger partial charge on any atom is -0.494 e. The molecular weight excluding hydrogens is 444 g/mol. The van der Waals surface area contributed by atoms with Crippen molar-refractivity contribution in [1.82, 2.24) is 19.1 Å². The Kier molecular flexibility index (Phi) is 5.70. The Balaban J connectivity index is 1.54. The molecule has 0 unspecified atom stereocenters. The lowest BCUT2D eigenvalue weighted by Crippen LogP contribution is -2.07. The fraction of sp³-hybridized carbons (Fsp3) is 0.125. The van der Waals surface area contributed by atoms with Gasteiger partial charge in [0.15, 0.2) is 0 Å². The van der Waals surface area contributed by atoms with Crippen LogP contribution < -0.4 is 10.1 Å². The van der Waals surface area contributed by atoms with Crippen LogP contribution in [0.1, 0.15) is 12.5 Å². The Labute approximate surface area is 192 Å². The highest BCUT2D eigenvalue weighted by Gasteiger charge is 2.18. The molecule has 3 aromatic heterocycles. The maximum atomic E-state index is 14.7. The van der Waals surface area contributed by atoms with Gasteiger partial charge < -0.3 is 10.1 Å². The number of nitrogens with zero attached hydrogens (tertiary/aromatic N) is 4. The van der Waals surface area contributed by atoms with E-state index in [1.807, 2.05) is 41.8 Å². The van der Waals surface area contributed by atoms with Crippen molar-refractivity contribution in [1.29, 1.82) is 0 Å². The molecule has 2 aromatic carbocycles. The summed E-state index contributed by atoms with van der Waals surface area (Å²) in [6, 6.07) is 13.7. The number of rotatable bonds is 7. The monoisotopic (exact) mass is 463 g/mol. The predicted octanol–water partition coefficient (Wildman–Crippen LogP) is 6.02. The van der Waals surface area contributed by atoms with Gasteiger partial charge in [0.25, 0.3) is 0 Å². The molecule has 33 heavy (non-hydrogen) atoms. The zero-order chi connectivity index (χ0) is 22.8. The van der Waals surface area contributed by atoms with Crippen molar-refractivity contribution in [2.75, 3.05) is 11.9 Å². The molecule has 0 saturated heterocycles. The molecule has 5 rings (SSSR count). The molecular formula is C24H19F2N5OS. The molecule has 5 aromatic rings. The smallest absolute Gasteiger partial charge is 0.134 e. The highest BCUT2D eigenvalue weighted by molar-refractivity contribution is 7.04. The van der Waals surface area contributed by atoms with Crippen LogP contribution in [-0.4, -0.2) is 25.7 Å². The van der Waals surface area contributed by atoms with Crippen LogP contribution in [0.2, 0.25) is 0 Å². The van der Waals surface area contributed by atoms with Crippen LogP contribution in [0.5, 0.6) is 5.75 Å². The number of fused-ring (bicyclic) bond motifs is 1. The first-order valence-corrected chi connectivity index (χ1v) is 11.1. The summed E-state index contributed by atoms with van der Waals surface area (Å²) in [7, 11) is 0. The fourth-order valence-electron chi connectivity index (χ4n) is 3.64. The Hall–Kier alpha value is -3.85. The quantitative estimate of drug-likeness (QED) is 0.320. The Morgan fingerprint density at radius 3 is 2.64 bits per heavy atom. The van der Waals surface area contributed by atoms with E-state index in [0.29, 0.717) is 18.0 Å². The second kappa shape index (κ2) is 8.95. The highest BCUT2D eigenvalue weighted by atomic mass is 32.1. The SMILES string of the molecule is CCOc1cc(F)c(Cn2nc(-c3cc(Nc4cnsc4)ccn3)c3ccccc32)c(F)c1. The maximum Gasteiger partial charge on any atom is 0.134 e. The maximum absolute atomic E-state index is 14.7. The number of para-hydroxylation sites is 1. The third kappa shape index (κ3) is 4.27. The molecule has 9 heteroatoms. The van der Waals surface area contributed by atoms with Gasteiger partial charge in [0.1, 0.15) is 23.1 Å². The largest absolute Gasteiger partial charge is 0.494 e. The van der Waals surface area contributed by atoms with Gasteiger partial charge in [-0.1, -0.05) is 18.2 Å². The molecule has 0 atom stereocenters. The zero-order valence-electron chi connectivity index (χ0n) is 17.6. The van der Waals surface area contributed by atoms with Crippen LogP contribution in [0.15, 0.2) is 66.3 Å². The van der Waals surface area contributed by atoms with Crippen LogP contribution in [0, 0.1) is 11.6 Å². The van der Waals surface area contributed by atoms with Gasteiger partial charge in [-0.25, -0.2) is 8.78 Å². The first-order valence-electron chi connectivity index (χ1n) is 10.3. The molecule has 6 nitrogen and oxygen atoms in total. The van der Waals surface area contributed by atoms with Crippen LogP contribution in [0.4, 0.5) is 20.2 Å². The summed E-state index contributed by atoms with van der Waals surface area (Å²) in [5.41, 5.74) is 3.67. The second-order valence-corrected chi connectivity index (χ2v) is 7.95. The number of benzene rings is 2. The third-order valence-electron chi connectivity index (χ3n) is 5.11.